The third kappa shape index (κ3) is 3.33. The highest BCUT2D eigenvalue weighted by atomic mass is 19.3. The third-order valence-corrected chi connectivity index (χ3v) is 2.00. The molecule has 0 aliphatic carbocycles. The summed E-state index contributed by atoms with van der Waals surface area (Å²) < 4.78 is 56.7. The Kier molecular flexibility index (Phi) is 3.53. The van der Waals surface area contributed by atoms with Gasteiger partial charge in [0.15, 0.2) is 0 Å². The van der Waals surface area contributed by atoms with Gasteiger partial charge in [-0.1, -0.05) is 41.5 Å². The lowest BCUT2D eigenvalue weighted by molar-refractivity contribution is -0.429. The van der Waals surface area contributed by atoms with Gasteiger partial charge in [0.2, 0.25) is 0 Å². The van der Waals surface area contributed by atoms with E-state index in [1.165, 1.54) is 0 Å². The van der Waals surface area contributed by atoms with Crippen molar-refractivity contribution in [3.8, 4) is 0 Å². The van der Waals surface area contributed by atoms with Gasteiger partial charge in [0.1, 0.15) is 0 Å². The van der Waals surface area contributed by atoms with Crippen LogP contribution in [0, 0.1) is 10.8 Å². The monoisotopic (exact) mass is 230 g/mol. The van der Waals surface area contributed by atoms with E-state index in [1.807, 2.05) is 0 Å². The normalized spacial score (nSPS) is 15.6. The van der Waals surface area contributed by atoms with Gasteiger partial charge in [-0.3, -0.25) is 4.74 Å². The van der Waals surface area contributed by atoms with Gasteiger partial charge in [-0.2, -0.15) is 17.6 Å². The van der Waals surface area contributed by atoms with Gasteiger partial charge < -0.3 is 0 Å². The van der Waals surface area contributed by atoms with E-state index in [-0.39, 0.29) is 0 Å². The standard InChI is InChI=1S/C10H18F4O/c1-7(2,3)9(11,12)15-10(13,14)8(4,5)6/h1-6H3. The molecule has 0 aliphatic heterocycles. The lowest BCUT2D eigenvalue weighted by Gasteiger charge is -2.37. The van der Waals surface area contributed by atoms with E-state index in [0.717, 1.165) is 41.5 Å². The zero-order valence-corrected chi connectivity index (χ0v) is 9.92. The molecule has 0 unspecified atom stereocenters. The summed E-state index contributed by atoms with van der Waals surface area (Å²) in [6.45, 7) is 6.87. The van der Waals surface area contributed by atoms with Crippen LogP contribution in [0.15, 0.2) is 0 Å². The minimum Gasteiger partial charge on any atom is -0.254 e. The predicted molar refractivity (Wildman–Crippen MR) is 49.9 cm³/mol. The van der Waals surface area contributed by atoms with Gasteiger partial charge in [0.25, 0.3) is 0 Å². The van der Waals surface area contributed by atoms with Crippen molar-refractivity contribution in [2.75, 3.05) is 0 Å². The van der Waals surface area contributed by atoms with Crippen LogP contribution in [0.3, 0.4) is 0 Å². The number of hydrogen-bond donors (Lipinski definition) is 0. The van der Waals surface area contributed by atoms with E-state index in [2.05, 4.69) is 4.74 Å². The molecule has 0 fully saturated rings. The molecule has 0 aromatic heterocycles. The van der Waals surface area contributed by atoms with Crippen molar-refractivity contribution in [2.24, 2.45) is 10.8 Å². The lowest BCUT2D eigenvalue weighted by Crippen LogP contribution is -2.48. The van der Waals surface area contributed by atoms with Gasteiger partial charge in [0.05, 0.1) is 10.8 Å². The molecule has 5 heteroatoms. The molecule has 0 atom stereocenters. The number of alkyl halides is 4. The second kappa shape index (κ2) is 3.61. The van der Waals surface area contributed by atoms with E-state index in [4.69, 9.17) is 0 Å². The fraction of sp³-hybridized carbons (Fsp3) is 1.00. The van der Waals surface area contributed by atoms with Crippen molar-refractivity contribution in [1.29, 1.82) is 0 Å². The Bertz CT molecular complexity index is 199. The molecule has 0 bridgehead atoms. The quantitative estimate of drug-likeness (QED) is 0.643. The maximum Gasteiger partial charge on any atom is 0.364 e. The molecule has 1 nitrogen and oxygen atoms in total. The van der Waals surface area contributed by atoms with Gasteiger partial charge in [-0.25, -0.2) is 0 Å². The summed E-state index contributed by atoms with van der Waals surface area (Å²) in [4.78, 5) is 0. The average Bonchev–Trinajstić information content (AvgIpc) is 1.77. The smallest absolute Gasteiger partial charge is 0.254 e. The molecule has 0 rings (SSSR count). The van der Waals surface area contributed by atoms with Gasteiger partial charge >= 0.3 is 12.2 Å². The fourth-order valence-corrected chi connectivity index (χ4v) is 0.467. The Morgan fingerprint density at radius 3 is 0.933 bits per heavy atom. The first-order valence-corrected chi connectivity index (χ1v) is 4.66. The molecule has 0 N–H and O–H groups in total. The summed E-state index contributed by atoms with van der Waals surface area (Å²) in [5.74, 6) is 0. The minimum atomic E-state index is -3.87. The van der Waals surface area contributed by atoms with Gasteiger partial charge in [0, 0.05) is 0 Å². The largest absolute Gasteiger partial charge is 0.364 e. The van der Waals surface area contributed by atoms with Crippen molar-refractivity contribution >= 4 is 0 Å². The van der Waals surface area contributed by atoms with Crippen LogP contribution in [0.1, 0.15) is 41.5 Å². The molecule has 0 aromatic carbocycles. The van der Waals surface area contributed by atoms with E-state index < -0.39 is 23.0 Å². The maximum atomic E-state index is 13.3. The van der Waals surface area contributed by atoms with Crippen molar-refractivity contribution in [3.05, 3.63) is 0 Å². The topological polar surface area (TPSA) is 9.23 Å². The summed E-state index contributed by atoms with van der Waals surface area (Å²) in [5, 5.41) is 0. The molecule has 0 heterocycles. The highest BCUT2D eigenvalue weighted by Crippen LogP contribution is 2.46. The zero-order valence-electron chi connectivity index (χ0n) is 9.92. The molecule has 15 heavy (non-hydrogen) atoms. The first-order valence-electron chi connectivity index (χ1n) is 4.66. The Morgan fingerprint density at radius 1 is 0.600 bits per heavy atom. The molecular weight excluding hydrogens is 212 g/mol. The minimum absolute atomic E-state index is 1.14. The molecule has 0 saturated carbocycles. The number of rotatable bonds is 2. The Morgan fingerprint density at radius 2 is 0.800 bits per heavy atom. The molecule has 0 spiro atoms. The SMILES string of the molecule is CC(C)(C)C(F)(F)OC(F)(F)C(C)(C)C. The number of hydrogen-bond acceptors (Lipinski definition) is 1. The van der Waals surface area contributed by atoms with Crippen LogP contribution in [-0.4, -0.2) is 12.2 Å². The summed E-state index contributed by atoms with van der Waals surface area (Å²) in [7, 11) is 0. The summed E-state index contributed by atoms with van der Waals surface area (Å²) in [5.41, 5.74) is -3.33. The lowest BCUT2D eigenvalue weighted by atomic mass is 9.93. The summed E-state index contributed by atoms with van der Waals surface area (Å²) in [6.07, 6.45) is -7.74. The van der Waals surface area contributed by atoms with Crippen molar-refractivity contribution in [1.82, 2.24) is 0 Å². The molecule has 0 saturated heterocycles. The van der Waals surface area contributed by atoms with Gasteiger partial charge in [-0.05, 0) is 0 Å². The molecule has 0 amide bonds. The van der Waals surface area contributed by atoms with Crippen LogP contribution in [-0.2, 0) is 4.74 Å². The van der Waals surface area contributed by atoms with E-state index in [1.54, 1.807) is 0 Å². The van der Waals surface area contributed by atoms with Crippen LogP contribution in [0.25, 0.3) is 0 Å². The van der Waals surface area contributed by atoms with Crippen molar-refractivity contribution in [2.45, 2.75) is 53.8 Å². The average molecular weight is 230 g/mol. The van der Waals surface area contributed by atoms with Crippen LogP contribution in [0.5, 0.6) is 0 Å². The van der Waals surface area contributed by atoms with Crippen LogP contribution in [0.4, 0.5) is 17.6 Å². The van der Waals surface area contributed by atoms with Crippen molar-refractivity contribution < 1.29 is 22.3 Å². The van der Waals surface area contributed by atoms with E-state index in [0.29, 0.717) is 0 Å². The van der Waals surface area contributed by atoms with Crippen LogP contribution >= 0.6 is 0 Å². The Hall–Kier alpha value is -0.320. The van der Waals surface area contributed by atoms with Crippen LogP contribution < -0.4 is 0 Å². The van der Waals surface area contributed by atoms with Gasteiger partial charge in [-0.15, -0.1) is 0 Å². The summed E-state index contributed by atoms with van der Waals surface area (Å²) in [6, 6.07) is 0. The van der Waals surface area contributed by atoms with E-state index in [9.17, 15) is 17.6 Å². The fourth-order valence-electron chi connectivity index (χ4n) is 0.467. The molecule has 0 radical (unpaired) electrons. The number of ether oxygens (including phenoxy) is 1. The predicted octanol–water partition coefficient (Wildman–Crippen LogP) is 4.28. The maximum absolute atomic E-state index is 13.3. The molecule has 0 aliphatic rings. The third-order valence-electron chi connectivity index (χ3n) is 2.00. The van der Waals surface area contributed by atoms with E-state index >= 15 is 0 Å². The zero-order chi connectivity index (χ0) is 12.7. The first kappa shape index (κ1) is 14.7. The molecular formula is C10H18F4O. The Labute approximate surface area is 87.8 Å². The Balaban J connectivity index is 4.89. The first-order chi connectivity index (χ1) is 6.21. The highest BCUT2D eigenvalue weighted by Gasteiger charge is 2.56. The van der Waals surface area contributed by atoms with Crippen LogP contribution in [0.2, 0.25) is 0 Å². The second-order valence-electron chi connectivity index (χ2n) is 5.64. The second-order valence-corrected chi connectivity index (χ2v) is 5.64. The highest BCUT2D eigenvalue weighted by molar-refractivity contribution is 4.79. The molecule has 0 aromatic rings. The molecule has 92 valence electrons. The van der Waals surface area contributed by atoms with Crippen molar-refractivity contribution in [3.63, 3.8) is 0 Å². The number of halogens is 4. The summed E-state index contributed by atoms with van der Waals surface area (Å²) >= 11 is 0.